The number of hydrogen-bond acceptors (Lipinski definition) is 3. The number of nitrogens with zero attached hydrogens (tertiary/aromatic N) is 1. The molecule has 0 aromatic heterocycles. The highest BCUT2D eigenvalue weighted by Gasteiger charge is 2.28. The monoisotopic (exact) mass is 279 g/mol. The Bertz CT molecular complexity index is 538. The van der Waals surface area contributed by atoms with E-state index in [-0.39, 0.29) is 6.54 Å². The van der Waals surface area contributed by atoms with E-state index in [0.717, 1.165) is 16.4 Å². The van der Waals surface area contributed by atoms with E-state index in [1.54, 1.807) is 0 Å². The molecule has 0 atom stereocenters. The standard InChI is InChI=1S/C11H15F2NO3S/c1-11(2,15)7-14(3)18(16,17)10-6-8(12)4-5-9(10)13/h4-6,15H,7H2,1-3H3. The van der Waals surface area contributed by atoms with Crippen LogP contribution in [0.25, 0.3) is 0 Å². The van der Waals surface area contributed by atoms with Crippen molar-refractivity contribution in [1.82, 2.24) is 4.31 Å². The molecular weight excluding hydrogens is 264 g/mol. The molecule has 0 aliphatic carbocycles. The fourth-order valence-electron chi connectivity index (χ4n) is 1.47. The summed E-state index contributed by atoms with van der Waals surface area (Å²) in [7, 11) is -2.97. The van der Waals surface area contributed by atoms with E-state index in [1.807, 2.05) is 0 Å². The highest BCUT2D eigenvalue weighted by atomic mass is 32.2. The maximum Gasteiger partial charge on any atom is 0.245 e. The SMILES string of the molecule is CN(CC(C)(C)O)S(=O)(=O)c1cc(F)ccc1F. The summed E-state index contributed by atoms with van der Waals surface area (Å²) in [5.41, 5.74) is -1.27. The maximum atomic E-state index is 13.4. The third-order valence-electron chi connectivity index (χ3n) is 2.19. The second kappa shape index (κ2) is 4.91. The molecule has 0 aliphatic heterocycles. The average Bonchev–Trinajstić information content (AvgIpc) is 2.19. The fourth-order valence-corrected chi connectivity index (χ4v) is 2.87. The van der Waals surface area contributed by atoms with Crippen molar-refractivity contribution < 1.29 is 22.3 Å². The number of hydrogen-bond donors (Lipinski definition) is 1. The minimum Gasteiger partial charge on any atom is -0.389 e. The Balaban J connectivity index is 3.17. The van der Waals surface area contributed by atoms with Crippen LogP contribution in [0, 0.1) is 11.6 Å². The Labute approximate surface area is 105 Å². The first-order chi connectivity index (χ1) is 8.04. The molecule has 0 saturated heterocycles. The summed E-state index contributed by atoms with van der Waals surface area (Å²) in [6, 6.07) is 2.20. The van der Waals surface area contributed by atoms with E-state index in [0.29, 0.717) is 6.07 Å². The number of halogens is 2. The molecule has 1 aromatic rings. The summed E-state index contributed by atoms with van der Waals surface area (Å²) in [6.45, 7) is 2.60. The van der Waals surface area contributed by atoms with Gasteiger partial charge in [-0.1, -0.05) is 0 Å². The molecule has 0 saturated carbocycles. The van der Waals surface area contributed by atoms with Gasteiger partial charge in [0, 0.05) is 13.6 Å². The molecular formula is C11H15F2NO3S. The van der Waals surface area contributed by atoms with E-state index >= 15 is 0 Å². The number of aliphatic hydroxyl groups is 1. The lowest BCUT2D eigenvalue weighted by atomic mass is 10.1. The molecule has 102 valence electrons. The summed E-state index contributed by atoms with van der Waals surface area (Å²) in [5, 5.41) is 9.55. The van der Waals surface area contributed by atoms with E-state index in [4.69, 9.17) is 0 Å². The van der Waals surface area contributed by atoms with Crippen molar-refractivity contribution in [1.29, 1.82) is 0 Å². The van der Waals surface area contributed by atoms with Crippen LogP contribution in [0.15, 0.2) is 23.1 Å². The summed E-state index contributed by atoms with van der Waals surface area (Å²) in [5.74, 6) is -1.87. The minimum absolute atomic E-state index is 0.231. The van der Waals surface area contributed by atoms with Gasteiger partial charge in [0.05, 0.1) is 5.60 Å². The summed E-state index contributed by atoms with van der Waals surface area (Å²) >= 11 is 0. The molecule has 4 nitrogen and oxygen atoms in total. The lowest BCUT2D eigenvalue weighted by Crippen LogP contribution is -2.39. The van der Waals surface area contributed by atoms with Crippen molar-refractivity contribution in [3.05, 3.63) is 29.8 Å². The Morgan fingerprint density at radius 1 is 1.33 bits per heavy atom. The van der Waals surface area contributed by atoms with Gasteiger partial charge in [-0.25, -0.2) is 17.2 Å². The predicted molar refractivity (Wildman–Crippen MR) is 62.5 cm³/mol. The van der Waals surface area contributed by atoms with E-state index in [1.165, 1.54) is 20.9 Å². The van der Waals surface area contributed by atoms with Crippen LogP contribution in [0.4, 0.5) is 8.78 Å². The van der Waals surface area contributed by atoms with Crippen molar-refractivity contribution in [2.24, 2.45) is 0 Å². The smallest absolute Gasteiger partial charge is 0.245 e. The second-order valence-electron chi connectivity index (χ2n) is 4.65. The number of sulfonamides is 1. The normalized spacial score (nSPS) is 13.1. The Kier molecular flexibility index (Phi) is 4.09. The number of benzene rings is 1. The first-order valence-corrected chi connectivity index (χ1v) is 6.62. The van der Waals surface area contributed by atoms with Gasteiger partial charge in [0.1, 0.15) is 16.5 Å². The van der Waals surface area contributed by atoms with Crippen molar-refractivity contribution in [3.63, 3.8) is 0 Å². The third-order valence-corrected chi connectivity index (χ3v) is 4.01. The van der Waals surface area contributed by atoms with Gasteiger partial charge < -0.3 is 5.11 Å². The van der Waals surface area contributed by atoms with E-state index < -0.39 is 32.2 Å². The molecule has 0 aliphatic rings. The van der Waals surface area contributed by atoms with Gasteiger partial charge >= 0.3 is 0 Å². The molecule has 7 heteroatoms. The summed E-state index contributed by atoms with van der Waals surface area (Å²) in [4.78, 5) is -0.741. The maximum absolute atomic E-state index is 13.4. The second-order valence-corrected chi connectivity index (χ2v) is 6.66. The molecule has 0 spiro atoms. The molecule has 1 rings (SSSR count). The van der Waals surface area contributed by atoms with Gasteiger partial charge in [-0.15, -0.1) is 0 Å². The first kappa shape index (κ1) is 15.0. The Morgan fingerprint density at radius 3 is 2.39 bits per heavy atom. The Hall–Kier alpha value is -1.05. The summed E-state index contributed by atoms with van der Waals surface area (Å²) in [6.07, 6.45) is 0. The zero-order valence-corrected chi connectivity index (χ0v) is 11.1. The molecule has 0 unspecified atom stereocenters. The van der Waals surface area contributed by atoms with Crippen LogP contribution in [0.3, 0.4) is 0 Å². The molecule has 0 radical (unpaired) electrons. The van der Waals surface area contributed by atoms with E-state index in [9.17, 15) is 22.3 Å². The minimum atomic E-state index is -4.17. The van der Waals surface area contributed by atoms with Crippen LogP contribution in [-0.2, 0) is 10.0 Å². The van der Waals surface area contributed by atoms with Crippen molar-refractivity contribution in [2.75, 3.05) is 13.6 Å². The quantitative estimate of drug-likeness (QED) is 0.905. The fraction of sp³-hybridized carbons (Fsp3) is 0.455. The highest BCUT2D eigenvalue weighted by molar-refractivity contribution is 7.89. The van der Waals surface area contributed by atoms with E-state index in [2.05, 4.69) is 0 Å². The lowest BCUT2D eigenvalue weighted by molar-refractivity contribution is 0.0639. The van der Waals surface area contributed by atoms with Crippen LogP contribution in [0.1, 0.15) is 13.8 Å². The molecule has 0 amide bonds. The van der Waals surface area contributed by atoms with Gasteiger partial charge in [-0.2, -0.15) is 4.31 Å². The van der Waals surface area contributed by atoms with Crippen molar-refractivity contribution in [3.8, 4) is 0 Å². The van der Waals surface area contributed by atoms with Crippen LogP contribution < -0.4 is 0 Å². The number of rotatable bonds is 4. The van der Waals surface area contributed by atoms with Crippen LogP contribution in [0.2, 0.25) is 0 Å². The van der Waals surface area contributed by atoms with Gasteiger partial charge in [-0.3, -0.25) is 0 Å². The molecule has 1 N–H and O–H groups in total. The molecule has 18 heavy (non-hydrogen) atoms. The zero-order chi connectivity index (χ0) is 14.1. The average molecular weight is 279 g/mol. The lowest BCUT2D eigenvalue weighted by Gasteiger charge is -2.25. The van der Waals surface area contributed by atoms with Crippen LogP contribution in [0.5, 0.6) is 0 Å². The summed E-state index contributed by atoms with van der Waals surface area (Å²) < 4.78 is 51.2. The van der Waals surface area contributed by atoms with Crippen LogP contribution >= 0.6 is 0 Å². The molecule has 1 aromatic carbocycles. The highest BCUT2D eigenvalue weighted by Crippen LogP contribution is 2.20. The van der Waals surface area contributed by atoms with Crippen molar-refractivity contribution in [2.45, 2.75) is 24.3 Å². The molecule has 0 heterocycles. The van der Waals surface area contributed by atoms with Gasteiger partial charge in [0.2, 0.25) is 10.0 Å². The van der Waals surface area contributed by atoms with Crippen molar-refractivity contribution >= 4 is 10.0 Å². The van der Waals surface area contributed by atoms with Gasteiger partial charge in [0.15, 0.2) is 0 Å². The largest absolute Gasteiger partial charge is 0.389 e. The van der Waals surface area contributed by atoms with Crippen LogP contribution in [-0.4, -0.2) is 37.0 Å². The first-order valence-electron chi connectivity index (χ1n) is 5.18. The number of likely N-dealkylation sites (N-methyl/N-ethyl adjacent to an activating group) is 1. The third kappa shape index (κ3) is 3.47. The predicted octanol–water partition coefficient (Wildman–Crippen LogP) is 1.36. The van der Waals surface area contributed by atoms with Gasteiger partial charge in [-0.05, 0) is 32.0 Å². The molecule has 0 fully saturated rings. The zero-order valence-electron chi connectivity index (χ0n) is 10.3. The topological polar surface area (TPSA) is 57.6 Å². The van der Waals surface area contributed by atoms with Gasteiger partial charge in [0.25, 0.3) is 0 Å². The molecule has 0 bridgehead atoms. The Morgan fingerprint density at radius 2 is 1.89 bits per heavy atom.